The first-order valence-electron chi connectivity index (χ1n) is 27.2. The normalized spacial score (nSPS) is 12.5. The molecule has 0 amide bonds. The van der Waals surface area contributed by atoms with E-state index in [1.165, 1.54) is 173 Å². The summed E-state index contributed by atoms with van der Waals surface area (Å²) < 4.78 is 17.4. The van der Waals surface area contributed by atoms with E-state index < -0.39 is 6.10 Å². The molecule has 1 unspecified atom stereocenters. The van der Waals surface area contributed by atoms with E-state index in [0.29, 0.717) is 19.4 Å². The summed E-state index contributed by atoms with van der Waals surface area (Å²) in [5, 5.41) is 0. The topological polar surface area (TPSA) is 61.8 Å². The van der Waals surface area contributed by atoms with Gasteiger partial charge in [0.2, 0.25) is 0 Å². The Kier molecular flexibility index (Phi) is 51.4. The maximum atomic E-state index is 12.8. The van der Waals surface area contributed by atoms with Crippen molar-refractivity contribution in [2.75, 3.05) is 19.8 Å². The summed E-state index contributed by atoms with van der Waals surface area (Å²) in [6.07, 6.45) is 65.5. The summed E-state index contributed by atoms with van der Waals surface area (Å²) in [7, 11) is 0. The standard InChI is InChI=1S/C57H104O5/c1-4-7-10-13-16-19-22-25-27-28-29-31-34-37-40-43-46-49-52-60-53-55(62-57(59)51-48-45-42-39-36-32-24-21-18-15-12-9-6-3)54-61-56(58)50-47-44-41-38-35-33-30-26-23-20-17-14-11-8-5-2/h7,10,16,19,25-27,30,55H,4-6,8-9,11-15,17-18,20-24,28-29,31-54H2,1-3H3/b10-7-,19-16-,27-25-,30-26-. The van der Waals surface area contributed by atoms with Gasteiger partial charge in [-0.3, -0.25) is 9.59 Å². The monoisotopic (exact) mass is 869 g/mol. The molecule has 0 rings (SSSR count). The highest BCUT2D eigenvalue weighted by Gasteiger charge is 2.17. The third kappa shape index (κ3) is 50.5. The van der Waals surface area contributed by atoms with Gasteiger partial charge in [0.15, 0.2) is 6.10 Å². The van der Waals surface area contributed by atoms with Crippen LogP contribution in [0.25, 0.3) is 0 Å². The minimum Gasteiger partial charge on any atom is -0.462 e. The molecule has 0 radical (unpaired) electrons. The van der Waals surface area contributed by atoms with Crippen molar-refractivity contribution in [3.05, 3.63) is 48.6 Å². The average molecular weight is 869 g/mol. The second-order valence-corrected chi connectivity index (χ2v) is 18.1. The molecule has 0 bridgehead atoms. The first-order valence-corrected chi connectivity index (χ1v) is 27.2. The first kappa shape index (κ1) is 59.9. The van der Waals surface area contributed by atoms with E-state index in [-0.39, 0.29) is 25.2 Å². The van der Waals surface area contributed by atoms with Crippen LogP contribution >= 0.6 is 0 Å². The zero-order chi connectivity index (χ0) is 44.9. The van der Waals surface area contributed by atoms with Crippen LogP contribution in [-0.2, 0) is 23.8 Å². The number of carbonyl (C=O) groups excluding carboxylic acids is 2. The van der Waals surface area contributed by atoms with Gasteiger partial charge < -0.3 is 14.2 Å². The molecule has 5 nitrogen and oxygen atoms in total. The van der Waals surface area contributed by atoms with Crippen molar-refractivity contribution in [3.63, 3.8) is 0 Å². The molecule has 0 saturated heterocycles. The third-order valence-corrected chi connectivity index (χ3v) is 11.8. The Morgan fingerprint density at radius 1 is 0.371 bits per heavy atom. The van der Waals surface area contributed by atoms with Gasteiger partial charge in [-0.1, -0.05) is 236 Å². The number of hydrogen-bond acceptors (Lipinski definition) is 5. The Labute approximate surface area is 386 Å². The van der Waals surface area contributed by atoms with Gasteiger partial charge in [0, 0.05) is 19.4 Å². The molecule has 0 aliphatic heterocycles. The van der Waals surface area contributed by atoms with Crippen LogP contribution in [0.1, 0.15) is 278 Å². The zero-order valence-electron chi connectivity index (χ0n) is 41.6. The summed E-state index contributed by atoms with van der Waals surface area (Å²) in [5.74, 6) is -0.398. The van der Waals surface area contributed by atoms with Gasteiger partial charge in [0.1, 0.15) is 6.61 Å². The molecule has 0 aromatic heterocycles. The van der Waals surface area contributed by atoms with E-state index >= 15 is 0 Å². The summed E-state index contributed by atoms with van der Waals surface area (Å²) >= 11 is 0. The van der Waals surface area contributed by atoms with Crippen molar-refractivity contribution in [3.8, 4) is 0 Å². The molecule has 362 valence electrons. The molecular formula is C57H104O5. The fourth-order valence-corrected chi connectivity index (χ4v) is 7.81. The lowest BCUT2D eigenvalue weighted by molar-refractivity contribution is -0.163. The lowest BCUT2D eigenvalue weighted by Crippen LogP contribution is -2.30. The molecule has 62 heavy (non-hydrogen) atoms. The van der Waals surface area contributed by atoms with Gasteiger partial charge >= 0.3 is 11.9 Å². The van der Waals surface area contributed by atoms with Crippen molar-refractivity contribution in [2.24, 2.45) is 0 Å². The average Bonchev–Trinajstić information content (AvgIpc) is 3.27. The van der Waals surface area contributed by atoms with E-state index in [4.69, 9.17) is 14.2 Å². The molecule has 0 aliphatic carbocycles. The Bertz CT molecular complexity index is 1030. The number of rotatable bonds is 50. The minimum atomic E-state index is -0.540. The smallest absolute Gasteiger partial charge is 0.306 e. The highest BCUT2D eigenvalue weighted by Crippen LogP contribution is 2.15. The molecule has 0 aromatic rings. The van der Waals surface area contributed by atoms with Crippen LogP contribution in [0, 0.1) is 0 Å². The van der Waals surface area contributed by atoms with Crippen molar-refractivity contribution in [1.29, 1.82) is 0 Å². The number of allylic oxidation sites excluding steroid dienone is 8. The van der Waals surface area contributed by atoms with Crippen LogP contribution in [0.15, 0.2) is 48.6 Å². The van der Waals surface area contributed by atoms with E-state index in [0.717, 1.165) is 70.6 Å². The van der Waals surface area contributed by atoms with Crippen molar-refractivity contribution in [2.45, 2.75) is 284 Å². The lowest BCUT2D eigenvalue weighted by Gasteiger charge is -2.18. The van der Waals surface area contributed by atoms with Crippen LogP contribution in [-0.4, -0.2) is 37.9 Å². The Hall–Kier alpha value is -2.14. The second-order valence-electron chi connectivity index (χ2n) is 18.1. The summed E-state index contributed by atoms with van der Waals surface area (Å²) in [5.41, 5.74) is 0. The third-order valence-electron chi connectivity index (χ3n) is 11.8. The van der Waals surface area contributed by atoms with E-state index in [1.807, 2.05) is 0 Å². The van der Waals surface area contributed by atoms with E-state index in [1.54, 1.807) is 0 Å². The number of esters is 2. The minimum absolute atomic E-state index is 0.0814. The predicted molar refractivity (Wildman–Crippen MR) is 270 cm³/mol. The van der Waals surface area contributed by atoms with Gasteiger partial charge in [0.05, 0.1) is 6.61 Å². The summed E-state index contributed by atoms with van der Waals surface area (Å²) in [6.45, 7) is 7.73. The van der Waals surface area contributed by atoms with Crippen LogP contribution in [0.3, 0.4) is 0 Å². The molecule has 0 fully saturated rings. The Morgan fingerprint density at radius 3 is 1.18 bits per heavy atom. The van der Waals surface area contributed by atoms with Gasteiger partial charge in [0.25, 0.3) is 0 Å². The fourth-order valence-electron chi connectivity index (χ4n) is 7.81. The van der Waals surface area contributed by atoms with E-state index in [9.17, 15) is 9.59 Å². The van der Waals surface area contributed by atoms with E-state index in [2.05, 4.69) is 69.4 Å². The van der Waals surface area contributed by atoms with Crippen molar-refractivity contribution < 1.29 is 23.8 Å². The maximum Gasteiger partial charge on any atom is 0.306 e. The largest absolute Gasteiger partial charge is 0.462 e. The molecular weight excluding hydrogens is 765 g/mol. The fraction of sp³-hybridized carbons (Fsp3) is 0.825. The van der Waals surface area contributed by atoms with Crippen LogP contribution in [0.2, 0.25) is 0 Å². The molecule has 0 saturated carbocycles. The number of ether oxygens (including phenoxy) is 3. The number of hydrogen-bond donors (Lipinski definition) is 0. The Morgan fingerprint density at radius 2 is 0.726 bits per heavy atom. The van der Waals surface area contributed by atoms with Crippen LogP contribution < -0.4 is 0 Å². The van der Waals surface area contributed by atoms with Crippen molar-refractivity contribution in [1.82, 2.24) is 0 Å². The molecule has 0 spiro atoms. The summed E-state index contributed by atoms with van der Waals surface area (Å²) in [6, 6.07) is 0. The van der Waals surface area contributed by atoms with Gasteiger partial charge in [-0.15, -0.1) is 0 Å². The molecule has 1 atom stereocenters. The Balaban J connectivity index is 4.25. The van der Waals surface area contributed by atoms with Gasteiger partial charge in [-0.05, 0) is 77.0 Å². The second kappa shape index (κ2) is 53.2. The summed E-state index contributed by atoms with van der Waals surface area (Å²) in [4.78, 5) is 25.4. The highest BCUT2D eigenvalue weighted by molar-refractivity contribution is 5.70. The number of unbranched alkanes of at least 4 members (excludes halogenated alkanes) is 31. The maximum absolute atomic E-state index is 12.8. The van der Waals surface area contributed by atoms with Crippen molar-refractivity contribution >= 4 is 11.9 Å². The molecule has 0 aromatic carbocycles. The van der Waals surface area contributed by atoms with Crippen LogP contribution in [0.4, 0.5) is 0 Å². The number of carbonyl (C=O) groups is 2. The molecule has 0 aliphatic rings. The van der Waals surface area contributed by atoms with Crippen LogP contribution in [0.5, 0.6) is 0 Å². The van der Waals surface area contributed by atoms with Gasteiger partial charge in [-0.25, -0.2) is 0 Å². The predicted octanol–water partition coefficient (Wildman–Crippen LogP) is 18.3. The lowest BCUT2D eigenvalue weighted by atomic mass is 10.0. The zero-order valence-corrected chi connectivity index (χ0v) is 41.6. The molecule has 5 heteroatoms. The quantitative estimate of drug-likeness (QED) is 0.0346. The molecule has 0 heterocycles. The highest BCUT2D eigenvalue weighted by atomic mass is 16.6. The SMILES string of the molecule is CC/C=C\C/C=C\C/C=C\CCCCCCCCCCOCC(COC(=O)CCCCCCC/C=C\CCCCCCCC)OC(=O)CCCCCCCCCCCCCCC. The first-order chi connectivity index (χ1) is 30.6. The molecule has 0 N–H and O–H groups in total. The van der Waals surface area contributed by atoms with Gasteiger partial charge in [-0.2, -0.15) is 0 Å².